The Morgan fingerprint density at radius 1 is 1.29 bits per heavy atom. The Morgan fingerprint density at radius 3 is 2.14 bits per heavy atom. The number of amides is 1. The van der Waals surface area contributed by atoms with E-state index in [9.17, 15) is 4.79 Å². The molecule has 1 fully saturated rings. The summed E-state index contributed by atoms with van der Waals surface area (Å²) in [7, 11) is 0. The summed E-state index contributed by atoms with van der Waals surface area (Å²) in [5.41, 5.74) is 0. The van der Waals surface area contributed by atoms with Crippen LogP contribution in [-0.4, -0.2) is 24.2 Å². The number of rotatable bonds is 3. The molecule has 1 amide bonds. The fraction of sp³-hybridized carbons (Fsp3) is 0.909. The molecule has 1 heterocycles. The Morgan fingerprint density at radius 2 is 1.79 bits per heavy atom. The summed E-state index contributed by atoms with van der Waals surface area (Å²) in [6.45, 7) is 5.85. The van der Waals surface area contributed by atoms with Crippen molar-refractivity contribution < 1.29 is 9.53 Å². The molecule has 0 aromatic rings. The highest BCUT2D eigenvalue weighted by Crippen LogP contribution is 2.23. The highest BCUT2D eigenvalue weighted by atomic mass is 16.5. The standard InChI is InChI=1S/C11H21NO2/c1-4-10-6-9(12-8(3)13)7-11(5-2)14-10/h9-11H,4-7H2,1-3H3,(H,12,13). The lowest BCUT2D eigenvalue weighted by Crippen LogP contribution is -2.44. The van der Waals surface area contributed by atoms with E-state index < -0.39 is 0 Å². The van der Waals surface area contributed by atoms with Gasteiger partial charge in [-0.3, -0.25) is 4.79 Å². The van der Waals surface area contributed by atoms with Crippen molar-refractivity contribution in [1.82, 2.24) is 5.32 Å². The molecule has 3 nitrogen and oxygen atoms in total. The molecule has 1 saturated heterocycles. The summed E-state index contributed by atoms with van der Waals surface area (Å²) in [4.78, 5) is 11.0. The Kier molecular flexibility index (Phi) is 4.39. The molecule has 0 aromatic heterocycles. The lowest BCUT2D eigenvalue weighted by atomic mass is 9.96. The van der Waals surface area contributed by atoms with Gasteiger partial charge in [-0.15, -0.1) is 0 Å². The number of hydrogen-bond acceptors (Lipinski definition) is 2. The first-order valence-corrected chi connectivity index (χ1v) is 5.58. The summed E-state index contributed by atoms with van der Waals surface area (Å²) in [6, 6.07) is 0.316. The first-order chi connectivity index (χ1) is 6.65. The molecule has 1 aliphatic rings. The van der Waals surface area contributed by atoms with Crippen LogP contribution in [0.2, 0.25) is 0 Å². The van der Waals surface area contributed by atoms with E-state index in [1.54, 1.807) is 6.92 Å². The molecule has 14 heavy (non-hydrogen) atoms. The third-order valence-electron chi connectivity index (χ3n) is 2.80. The van der Waals surface area contributed by atoms with Crippen molar-refractivity contribution in [2.24, 2.45) is 0 Å². The first-order valence-electron chi connectivity index (χ1n) is 5.58. The predicted octanol–water partition coefficient (Wildman–Crippen LogP) is 1.86. The van der Waals surface area contributed by atoms with Gasteiger partial charge in [0, 0.05) is 13.0 Å². The number of nitrogens with one attached hydrogen (secondary N) is 1. The average Bonchev–Trinajstić information content (AvgIpc) is 2.16. The molecule has 3 heteroatoms. The van der Waals surface area contributed by atoms with Crippen LogP contribution in [0.15, 0.2) is 0 Å². The number of ether oxygens (including phenoxy) is 1. The highest BCUT2D eigenvalue weighted by Gasteiger charge is 2.27. The third-order valence-corrected chi connectivity index (χ3v) is 2.80. The minimum Gasteiger partial charge on any atom is -0.375 e. The first kappa shape index (κ1) is 11.5. The van der Waals surface area contributed by atoms with E-state index in [2.05, 4.69) is 19.2 Å². The molecule has 1 N–H and O–H groups in total. The number of hydrogen-bond donors (Lipinski definition) is 1. The van der Waals surface area contributed by atoms with Gasteiger partial charge < -0.3 is 10.1 Å². The minimum absolute atomic E-state index is 0.0709. The van der Waals surface area contributed by atoms with Crippen molar-refractivity contribution in [2.75, 3.05) is 0 Å². The fourth-order valence-corrected chi connectivity index (χ4v) is 2.05. The Labute approximate surface area is 86.2 Å². The van der Waals surface area contributed by atoms with Crippen LogP contribution in [0.3, 0.4) is 0 Å². The van der Waals surface area contributed by atoms with Gasteiger partial charge in [0.2, 0.25) is 5.91 Å². The van der Waals surface area contributed by atoms with E-state index in [0.29, 0.717) is 18.2 Å². The lowest BCUT2D eigenvalue weighted by molar-refractivity contribution is -0.122. The van der Waals surface area contributed by atoms with Crippen molar-refractivity contribution in [3.05, 3.63) is 0 Å². The van der Waals surface area contributed by atoms with Crippen molar-refractivity contribution in [1.29, 1.82) is 0 Å². The second kappa shape index (κ2) is 5.35. The second-order valence-electron chi connectivity index (χ2n) is 4.07. The van der Waals surface area contributed by atoms with Gasteiger partial charge in [-0.05, 0) is 25.7 Å². The summed E-state index contributed by atoms with van der Waals surface area (Å²) in [5.74, 6) is 0.0709. The van der Waals surface area contributed by atoms with Crippen molar-refractivity contribution in [3.8, 4) is 0 Å². The molecule has 2 atom stereocenters. The average molecular weight is 199 g/mol. The van der Waals surface area contributed by atoms with Crippen LogP contribution in [-0.2, 0) is 9.53 Å². The minimum atomic E-state index is 0.0709. The van der Waals surface area contributed by atoms with Crippen LogP contribution >= 0.6 is 0 Å². The molecule has 0 saturated carbocycles. The van der Waals surface area contributed by atoms with Crippen LogP contribution in [0.4, 0.5) is 0 Å². The maximum atomic E-state index is 11.0. The predicted molar refractivity (Wildman–Crippen MR) is 56.1 cm³/mol. The molecule has 0 spiro atoms. The van der Waals surface area contributed by atoms with E-state index in [0.717, 1.165) is 25.7 Å². The van der Waals surface area contributed by atoms with E-state index in [1.165, 1.54) is 0 Å². The van der Waals surface area contributed by atoms with Crippen LogP contribution in [0.1, 0.15) is 46.5 Å². The molecule has 0 bridgehead atoms. The quantitative estimate of drug-likeness (QED) is 0.753. The van der Waals surface area contributed by atoms with Gasteiger partial charge in [0.05, 0.1) is 12.2 Å². The highest BCUT2D eigenvalue weighted by molar-refractivity contribution is 5.73. The number of carbonyl (C=O) groups excluding carboxylic acids is 1. The van der Waals surface area contributed by atoms with Crippen LogP contribution in [0, 0.1) is 0 Å². The molecule has 0 radical (unpaired) electrons. The molecule has 82 valence electrons. The summed E-state index contributed by atoms with van der Waals surface area (Å²) in [5, 5.41) is 2.99. The van der Waals surface area contributed by atoms with Gasteiger partial charge in [0.15, 0.2) is 0 Å². The molecule has 0 aromatic carbocycles. The van der Waals surface area contributed by atoms with Crippen molar-refractivity contribution in [2.45, 2.75) is 64.7 Å². The SMILES string of the molecule is CCC1CC(NC(C)=O)CC(CC)O1. The van der Waals surface area contributed by atoms with Gasteiger partial charge in [-0.25, -0.2) is 0 Å². The van der Waals surface area contributed by atoms with Gasteiger partial charge in [-0.1, -0.05) is 13.8 Å². The molecule has 0 aliphatic carbocycles. The molecular weight excluding hydrogens is 178 g/mol. The van der Waals surface area contributed by atoms with Gasteiger partial charge in [-0.2, -0.15) is 0 Å². The van der Waals surface area contributed by atoms with Crippen LogP contribution in [0.5, 0.6) is 0 Å². The van der Waals surface area contributed by atoms with Crippen molar-refractivity contribution in [3.63, 3.8) is 0 Å². The van der Waals surface area contributed by atoms with Gasteiger partial charge in [0.1, 0.15) is 0 Å². The molecular formula is C11H21NO2. The Balaban J connectivity index is 2.46. The summed E-state index contributed by atoms with van der Waals surface area (Å²) < 4.78 is 5.85. The topological polar surface area (TPSA) is 38.3 Å². The zero-order valence-corrected chi connectivity index (χ0v) is 9.38. The second-order valence-corrected chi connectivity index (χ2v) is 4.07. The summed E-state index contributed by atoms with van der Waals surface area (Å²) in [6.07, 6.45) is 4.65. The van der Waals surface area contributed by atoms with E-state index in [4.69, 9.17) is 4.74 Å². The fourth-order valence-electron chi connectivity index (χ4n) is 2.05. The smallest absolute Gasteiger partial charge is 0.217 e. The maximum absolute atomic E-state index is 11.0. The zero-order chi connectivity index (χ0) is 10.6. The third kappa shape index (κ3) is 3.29. The molecule has 2 unspecified atom stereocenters. The van der Waals surface area contributed by atoms with E-state index in [-0.39, 0.29) is 5.91 Å². The maximum Gasteiger partial charge on any atom is 0.217 e. The van der Waals surface area contributed by atoms with E-state index >= 15 is 0 Å². The van der Waals surface area contributed by atoms with Crippen LogP contribution in [0.25, 0.3) is 0 Å². The normalized spacial score (nSPS) is 32.6. The van der Waals surface area contributed by atoms with Crippen LogP contribution < -0.4 is 5.32 Å². The molecule has 1 rings (SSSR count). The Hall–Kier alpha value is -0.570. The monoisotopic (exact) mass is 199 g/mol. The molecule has 1 aliphatic heterocycles. The van der Waals surface area contributed by atoms with Gasteiger partial charge >= 0.3 is 0 Å². The van der Waals surface area contributed by atoms with E-state index in [1.807, 2.05) is 0 Å². The zero-order valence-electron chi connectivity index (χ0n) is 9.38. The largest absolute Gasteiger partial charge is 0.375 e. The Bertz CT molecular complexity index is 182. The summed E-state index contributed by atoms with van der Waals surface area (Å²) >= 11 is 0. The van der Waals surface area contributed by atoms with Crippen molar-refractivity contribution >= 4 is 5.91 Å². The number of carbonyl (C=O) groups is 1. The lowest BCUT2D eigenvalue weighted by Gasteiger charge is -2.35. The van der Waals surface area contributed by atoms with Gasteiger partial charge in [0.25, 0.3) is 0 Å².